The number of hydrogen-bond donors (Lipinski definition) is 0. The molecule has 2 aromatic heterocycles. The van der Waals surface area contributed by atoms with Crippen molar-refractivity contribution < 1.29 is 13.7 Å². The van der Waals surface area contributed by atoms with Gasteiger partial charge in [0.25, 0.3) is 5.91 Å². The Kier molecular flexibility index (Phi) is 5.22. The molecule has 3 aromatic rings. The van der Waals surface area contributed by atoms with Gasteiger partial charge >= 0.3 is 0 Å². The monoisotopic (exact) mass is 399 g/mol. The van der Waals surface area contributed by atoms with Crippen LogP contribution in [0.4, 0.5) is 0 Å². The van der Waals surface area contributed by atoms with Gasteiger partial charge in [-0.1, -0.05) is 48.8 Å². The smallest absolute Gasteiger partial charge is 0.293 e. The number of amides is 1. The summed E-state index contributed by atoms with van der Waals surface area (Å²) in [6.45, 7) is 4.67. The Balaban J connectivity index is 1.51. The van der Waals surface area contributed by atoms with Crippen LogP contribution in [0.3, 0.4) is 0 Å². The summed E-state index contributed by atoms with van der Waals surface area (Å²) >= 11 is 6.23. The highest BCUT2D eigenvalue weighted by Gasteiger charge is 2.35. The van der Waals surface area contributed by atoms with Crippen LogP contribution in [-0.4, -0.2) is 27.5 Å². The summed E-state index contributed by atoms with van der Waals surface area (Å²) in [5.41, 5.74) is 1.76. The summed E-state index contributed by atoms with van der Waals surface area (Å²) in [4.78, 5) is 19.1. The van der Waals surface area contributed by atoms with Gasteiger partial charge < -0.3 is 13.8 Å². The van der Waals surface area contributed by atoms with E-state index in [1.807, 2.05) is 38.1 Å². The molecule has 4 rings (SSSR count). The molecule has 0 N–H and O–H groups in total. The zero-order chi connectivity index (χ0) is 19.7. The lowest BCUT2D eigenvalue weighted by Gasteiger charge is -2.20. The SMILES string of the molecule is CC(C)c1cc(C(=O)N2CCC[C@@H]2c2ncc(Cc3ccccc3Cl)o2)on1. The summed E-state index contributed by atoms with van der Waals surface area (Å²) in [7, 11) is 0. The maximum Gasteiger partial charge on any atom is 0.293 e. The molecule has 1 saturated heterocycles. The number of rotatable bonds is 5. The molecule has 1 fully saturated rings. The van der Waals surface area contributed by atoms with E-state index in [1.165, 1.54) is 0 Å². The Hall–Kier alpha value is -2.60. The van der Waals surface area contributed by atoms with Crippen LogP contribution in [-0.2, 0) is 6.42 Å². The first-order valence-corrected chi connectivity index (χ1v) is 9.86. The van der Waals surface area contributed by atoms with E-state index in [-0.39, 0.29) is 23.6 Å². The molecular formula is C21H22ClN3O3. The topological polar surface area (TPSA) is 72.4 Å². The number of oxazole rings is 1. The van der Waals surface area contributed by atoms with Crippen LogP contribution in [0.1, 0.15) is 72.1 Å². The Morgan fingerprint density at radius 2 is 2.18 bits per heavy atom. The molecule has 1 amide bonds. The zero-order valence-corrected chi connectivity index (χ0v) is 16.6. The van der Waals surface area contributed by atoms with Gasteiger partial charge in [0.15, 0.2) is 0 Å². The molecule has 28 heavy (non-hydrogen) atoms. The molecule has 1 aromatic carbocycles. The van der Waals surface area contributed by atoms with Crippen molar-refractivity contribution in [2.24, 2.45) is 0 Å². The third kappa shape index (κ3) is 3.69. The lowest BCUT2D eigenvalue weighted by Crippen LogP contribution is -2.30. The molecule has 0 saturated carbocycles. The first kappa shape index (κ1) is 18.7. The molecule has 6 nitrogen and oxygen atoms in total. The van der Waals surface area contributed by atoms with Crippen molar-refractivity contribution in [3.05, 3.63) is 70.2 Å². The van der Waals surface area contributed by atoms with E-state index in [0.29, 0.717) is 23.9 Å². The normalized spacial score (nSPS) is 16.9. The van der Waals surface area contributed by atoms with E-state index >= 15 is 0 Å². The van der Waals surface area contributed by atoms with Crippen LogP contribution in [0.5, 0.6) is 0 Å². The van der Waals surface area contributed by atoms with Gasteiger partial charge in [0.1, 0.15) is 11.8 Å². The Bertz CT molecular complexity index is 979. The van der Waals surface area contributed by atoms with E-state index in [4.69, 9.17) is 20.5 Å². The second-order valence-electron chi connectivity index (χ2n) is 7.36. The third-order valence-electron chi connectivity index (χ3n) is 5.02. The highest BCUT2D eigenvalue weighted by atomic mass is 35.5. The van der Waals surface area contributed by atoms with E-state index in [1.54, 1.807) is 17.2 Å². The van der Waals surface area contributed by atoms with Crippen molar-refractivity contribution in [1.82, 2.24) is 15.0 Å². The molecule has 0 unspecified atom stereocenters. The Morgan fingerprint density at radius 1 is 1.36 bits per heavy atom. The van der Waals surface area contributed by atoms with Gasteiger partial charge in [0, 0.05) is 24.1 Å². The second kappa shape index (κ2) is 7.80. The minimum atomic E-state index is -0.194. The van der Waals surface area contributed by atoms with Crippen LogP contribution < -0.4 is 0 Å². The first-order valence-electron chi connectivity index (χ1n) is 9.48. The molecule has 0 aliphatic carbocycles. The maximum atomic E-state index is 12.9. The fraction of sp³-hybridized carbons (Fsp3) is 0.381. The molecule has 7 heteroatoms. The van der Waals surface area contributed by atoms with Gasteiger partial charge in [-0.3, -0.25) is 4.79 Å². The van der Waals surface area contributed by atoms with Crippen molar-refractivity contribution in [1.29, 1.82) is 0 Å². The lowest BCUT2D eigenvalue weighted by molar-refractivity contribution is 0.0672. The molecule has 1 aliphatic rings. The zero-order valence-electron chi connectivity index (χ0n) is 15.9. The van der Waals surface area contributed by atoms with E-state index in [2.05, 4.69) is 10.1 Å². The quantitative estimate of drug-likeness (QED) is 0.603. The highest BCUT2D eigenvalue weighted by Crippen LogP contribution is 2.33. The van der Waals surface area contributed by atoms with Gasteiger partial charge in [0.05, 0.1) is 11.9 Å². The largest absolute Gasteiger partial charge is 0.443 e. The highest BCUT2D eigenvalue weighted by molar-refractivity contribution is 6.31. The Labute approximate surface area is 168 Å². The van der Waals surface area contributed by atoms with Crippen LogP contribution in [0.2, 0.25) is 5.02 Å². The minimum absolute atomic E-state index is 0.173. The maximum absolute atomic E-state index is 12.9. The summed E-state index contributed by atoms with van der Waals surface area (Å²) in [6.07, 6.45) is 3.98. The lowest BCUT2D eigenvalue weighted by atomic mass is 10.1. The van der Waals surface area contributed by atoms with Crippen molar-refractivity contribution in [2.75, 3.05) is 6.54 Å². The van der Waals surface area contributed by atoms with Crippen molar-refractivity contribution >= 4 is 17.5 Å². The Morgan fingerprint density at radius 3 is 2.93 bits per heavy atom. The number of halogens is 1. The number of likely N-dealkylation sites (tertiary alicyclic amines) is 1. The average Bonchev–Trinajstić information content (AvgIpc) is 3.43. The van der Waals surface area contributed by atoms with E-state index in [9.17, 15) is 4.79 Å². The first-order chi connectivity index (χ1) is 13.5. The average molecular weight is 400 g/mol. The number of aromatic nitrogens is 2. The predicted molar refractivity (Wildman–Crippen MR) is 104 cm³/mol. The molecule has 0 radical (unpaired) electrons. The van der Waals surface area contributed by atoms with Crippen LogP contribution in [0.15, 0.2) is 45.5 Å². The van der Waals surface area contributed by atoms with Gasteiger partial charge in [-0.05, 0) is 30.4 Å². The minimum Gasteiger partial charge on any atom is -0.443 e. The number of carbonyl (C=O) groups excluding carboxylic acids is 1. The molecular weight excluding hydrogens is 378 g/mol. The number of nitrogens with zero attached hydrogens (tertiary/aromatic N) is 3. The molecule has 0 spiro atoms. The number of benzene rings is 1. The second-order valence-corrected chi connectivity index (χ2v) is 7.77. The van der Waals surface area contributed by atoms with Crippen LogP contribution >= 0.6 is 11.6 Å². The van der Waals surface area contributed by atoms with E-state index in [0.717, 1.165) is 29.9 Å². The van der Waals surface area contributed by atoms with Crippen molar-refractivity contribution in [3.8, 4) is 0 Å². The van der Waals surface area contributed by atoms with Crippen molar-refractivity contribution in [3.63, 3.8) is 0 Å². The standard InChI is InChI=1S/C21H22ClN3O3/c1-13(2)17-11-19(28-24-17)21(26)25-9-5-8-18(25)20-23-12-15(27-20)10-14-6-3-4-7-16(14)22/h3-4,6-7,11-13,18H,5,8-10H2,1-2H3/t18-/m1/s1. The van der Waals surface area contributed by atoms with E-state index < -0.39 is 0 Å². The molecule has 1 atom stereocenters. The summed E-state index contributed by atoms with van der Waals surface area (Å²) in [5.74, 6) is 1.57. The van der Waals surface area contributed by atoms with Gasteiger partial charge in [0.2, 0.25) is 11.7 Å². The van der Waals surface area contributed by atoms with Gasteiger partial charge in [-0.15, -0.1) is 0 Å². The predicted octanol–water partition coefficient (Wildman–Crippen LogP) is 5.01. The summed E-state index contributed by atoms with van der Waals surface area (Å²) < 4.78 is 11.3. The summed E-state index contributed by atoms with van der Waals surface area (Å²) in [5, 5.41) is 4.69. The molecule has 3 heterocycles. The third-order valence-corrected chi connectivity index (χ3v) is 5.39. The summed E-state index contributed by atoms with van der Waals surface area (Å²) in [6, 6.07) is 9.19. The van der Waals surface area contributed by atoms with Crippen LogP contribution in [0.25, 0.3) is 0 Å². The van der Waals surface area contributed by atoms with Gasteiger partial charge in [-0.25, -0.2) is 4.98 Å². The molecule has 146 valence electrons. The fourth-order valence-corrected chi connectivity index (χ4v) is 3.66. The number of hydrogen-bond acceptors (Lipinski definition) is 5. The fourth-order valence-electron chi connectivity index (χ4n) is 3.46. The molecule has 1 aliphatic heterocycles. The number of carbonyl (C=O) groups is 1. The van der Waals surface area contributed by atoms with Gasteiger partial charge in [-0.2, -0.15) is 0 Å². The van der Waals surface area contributed by atoms with Crippen molar-refractivity contribution in [2.45, 2.75) is 45.1 Å². The molecule has 0 bridgehead atoms. The van der Waals surface area contributed by atoms with Crippen LogP contribution in [0, 0.1) is 0 Å².